The zero-order valence-electron chi connectivity index (χ0n) is 14.7. The van der Waals surface area contributed by atoms with Gasteiger partial charge in [-0.3, -0.25) is 9.69 Å². The summed E-state index contributed by atoms with van der Waals surface area (Å²) in [6.45, 7) is 2.71. The quantitative estimate of drug-likeness (QED) is 0.724. The van der Waals surface area contributed by atoms with Gasteiger partial charge in [0.25, 0.3) is 0 Å². The number of nitrogens with two attached hydrogens (primary N) is 1. The lowest BCUT2D eigenvalue weighted by molar-refractivity contribution is -0.146. The Morgan fingerprint density at radius 2 is 1.88 bits per heavy atom. The molecule has 2 rings (SSSR count). The fourth-order valence-corrected chi connectivity index (χ4v) is 3.05. The molecule has 1 saturated heterocycles. The average Bonchev–Trinajstić information content (AvgIpc) is 2.96. The minimum Gasteiger partial charge on any atom is -0.399 e. The van der Waals surface area contributed by atoms with Crippen LogP contribution in [0.5, 0.6) is 0 Å². The number of carbonyl (C=O) groups is 1. The third-order valence-electron chi connectivity index (χ3n) is 4.34. The molecule has 1 aliphatic heterocycles. The molecule has 1 fully saturated rings. The first-order valence-corrected chi connectivity index (χ1v) is 8.18. The summed E-state index contributed by atoms with van der Waals surface area (Å²) >= 11 is 0. The molecule has 1 amide bonds. The molecule has 4 nitrogen and oxygen atoms in total. The van der Waals surface area contributed by atoms with Gasteiger partial charge in [0.2, 0.25) is 5.91 Å². The topological polar surface area (TPSA) is 49.6 Å². The second kappa shape index (κ2) is 10.8. The highest BCUT2D eigenvalue weighted by molar-refractivity contribution is 5.85. The highest BCUT2D eigenvalue weighted by Crippen LogP contribution is 2.22. The van der Waals surface area contributed by atoms with E-state index < -0.39 is 12.7 Å². The number of hydrogen-bond donors (Lipinski definition) is 1. The molecule has 1 aliphatic rings. The molecule has 1 aromatic rings. The molecule has 150 valence electrons. The summed E-state index contributed by atoms with van der Waals surface area (Å²) in [5.41, 5.74) is 7.16. The maximum Gasteiger partial charge on any atom is 0.401 e. The van der Waals surface area contributed by atoms with Gasteiger partial charge in [0, 0.05) is 25.3 Å². The number of nitrogens with zero attached hydrogens (tertiary/aromatic N) is 2. The number of carbonyl (C=O) groups excluding carboxylic acids is 1. The summed E-state index contributed by atoms with van der Waals surface area (Å²) in [4.78, 5) is 15.5. The van der Waals surface area contributed by atoms with Gasteiger partial charge in [-0.05, 0) is 36.6 Å². The molecule has 0 saturated carbocycles. The first-order chi connectivity index (χ1) is 11.3. The Balaban J connectivity index is 0.00000312. The SMILES string of the molecule is CCN(CC1CCN(C(=O)Cc2ccc(N)cc2)C1)CC(F)(F)F.Cl.Cl. The lowest BCUT2D eigenvalue weighted by atomic mass is 10.1. The maximum atomic E-state index is 12.5. The summed E-state index contributed by atoms with van der Waals surface area (Å²) in [5, 5.41) is 0. The standard InChI is InChI=1S/C17H24F3N3O.2ClH/c1-2-22(12-17(18,19)20)10-14-7-8-23(11-14)16(24)9-13-3-5-15(21)6-4-13;;/h3-6,14H,2,7-12,21H2,1H3;2*1H. The van der Waals surface area contributed by atoms with Crippen molar-refractivity contribution >= 4 is 36.4 Å². The van der Waals surface area contributed by atoms with Crippen LogP contribution in [0.3, 0.4) is 0 Å². The molecule has 9 heteroatoms. The molecule has 0 spiro atoms. The van der Waals surface area contributed by atoms with Gasteiger partial charge in [-0.1, -0.05) is 19.1 Å². The highest BCUT2D eigenvalue weighted by atomic mass is 35.5. The van der Waals surface area contributed by atoms with Crippen molar-refractivity contribution in [3.05, 3.63) is 29.8 Å². The fraction of sp³-hybridized carbons (Fsp3) is 0.588. The summed E-state index contributed by atoms with van der Waals surface area (Å²) < 4.78 is 37.6. The largest absolute Gasteiger partial charge is 0.401 e. The molecule has 1 atom stereocenters. The van der Waals surface area contributed by atoms with E-state index in [0.29, 0.717) is 38.3 Å². The minimum absolute atomic E-state index is 0. The van der Waals surface area contributed by atoms with Crippen LogP contribution in [-0.4, -0.2) is 54.6 Å². The van der Waals surface area contributed by atoms with Crippen LogP contribution in [0, 0.1) is 5.92 Å². The number of rotatable bonds is 6. The molecule has 1 unspecified atom stereocenters. The van der Waals surface area contributed by atoms with Gasteiger partial charge in [-0.25, -0.2) is 0 Å². The summed E-state index contributed by atoms with van der Waals surface area (Å²) in [7, 11) is 0. The van der Waals surface area contributed by atoms with Crippen molar-refractivity contribution < 1.29 is 18.0 Å². The number of nitrogen functional groups attached to an aromatic ring is 1. The van der Waals surface area contributed by atoms with Crippen LogP contribution in [0.15, 0.2) is 24.3 Å². The Morgan fingerprint density at radius 1 is 1.27 bits per heavy atom. The molecule has 0 bridgehead atoms. The van der Waals surface area contributed by atoms with Crippen LogP contribution in [0.1, 0.15) is 18.9 Å². The first-order valence-electron chi connectivity index (χ1n) is 8.18. The molecule has 2 N–H and O–H groups in total. The molecule has 1 aromatic carbocycles. The van der Waals surface area contributed by atoms with E-state index in [4.69, 9.17) is 5.73 Å². The normalized spacial score (nSPS) is 17.0. The van der Waals surface area contributed by atoms with Crippen molar-refractivity contribution in [3.63, 3.8) is 0 Å². The van der Waals surface area contributed by atoms with Crippen molar-refractivity contribution in [2.45, 2.75) is 25.9 Å². The van der Waals surface area contributed by atoms with Crippen molar-refractivity contribution in [3.8, 4) is 0 Å². The molecule has 0 aliphatic carbocycles. The zero-order valence-corrected chi connectivity index (χ0v) is 16.3. The Kier molecular flexibility index (Phi) is 10.4. The second-order valence-corrected chi connectivity index (χ2v) is 6.36. The number of likely N-dealkylation sites (tertiary alicyclic amines) is 1. The lowest BCUT2D eigenvalue weighted by Crippen LogP contribution is -2.38. The first kappa shape index (κ1) is 24.8. The van der Waals surface area contributed by atoms with E-state index >= 15 is 0 Å². The van der Waals surface area contributed by atoms with Crippen molar-refractivity contribution in [1.82, 2.24) is 9.80 Å². The van der Waals surface area contributed by atoms with Crippen LogP contribution in [0.4, 0.5) is 18.9 Å². The molecule has 0 aromatic heterocycles. The van der Waals surface area contributed by atoms with Gasteiger partial charge < -0.3 is 10.6 Å². The van der Waals surface area contributed by atoms with Gasteiger partial charge in [-0.15, -0.1) is 24.8 Å². The van der Waals surface area contributed by atoms with Crippen LogP contribution >= 0.6 is 24.8 Å². The van der Waals surface area contributed by atoms with Crippen LogP contribution in [0.25, 0.3) is 0 Å². The summed E-state index contributed by atoms with van der Waals surface area (Å²) in [6, 6.07) is 7.16. The van der Waals surface area contributed by atoms with E-state index in [0.717, 1.165) is 12.0 Å². The predicted octanol–water partition coefficient (Wildman–Crippen LogP) is 3.39. The molecule has 26 heavy (non-hydrogen) atoms. The predicted molar refractivity (Wildman–Crippen MR) is 102 cm³/mol. The number of alkyl halides is 3. The third kappa shape index (κ3) is 8.01. The van der Waals surface area contributed by atoms with Gasteiger partial charge >= 0.3 is 6.18 Å². The van der Waals surface area contributed by atoms with E-state index in [9.17, 15) is 18.0 Å². The van der Waals surface area contributed by atoms with Crippen LogP contribution in [-0.2, 0) is 11.2 Å². The molecule has 1 heterocycles. The Morgan fingerprint density at radius 3 is 2.42 bits per heavy atom. The Bertz CT molecular complexity index is 555. The minimum atomic E-state index is -4.18. The lowest BCUT2D eigenvalue weighted by Gasteiger charge is -2.25. The number of hydrogen-bond acceptors (Lipinski definition) is 3. The smallest absolute Gasteiger partial charge is 0.399 e. The van der Waals surface area contributed by atoms with Gasteiger partial charge in [0.1, 0.15) is 0 Å². The van der Waals surface area contributed by atoms with Gasteiger partial charge in [0.05, 0.1) is 13.0 Å². The second-order valence-electron chi connectivity index (χ2n) is 6.36. The highest BCUT2D eigenvalue weighted by Gasteiger charge is 2.33. The van der Waals surface area contributed by atoms with Crippen molar-refractivity contribution in [2.75, 3.05) is 38.5 Å². The van der Waals surface area contributed by atoms with Gasteiger partial charge in [-0.2, -0.15) is 13.2 Å². The van der Waals surface area contributed by atoms with E-state index in [1.807, 2.05) is 12.1 Å². The summed E-state index contributed by atoms with van der Waals surface area (Å²) in [6.07, 6.45) is -3.13. The zero-order chi connectivity index (χ0) is 17.7. The monoisotopic (exact) mass is 415 g/mol. The van der Waals surface area contributed by atoms with E-state index in [2.05, 4.69) is 0 Å². The van der Waals surface area contributed by atoms with E-state index in [-0.39, 0.29) is 36.6 Å². The molecular formula is C17H26Cl2F3N3O. The third-order valence-corrected chi connectivity index (χ3v) is 4.34. The van der Waals surface area contributed by atoms with E-state index in [1.165, 1.54) is 4.90 Å². The molecule has 0 radical (unpaired) electrons. The number of halogens is 5. The van der Waals surface area contributed by atoms with Crippen molar-refractivity contribution in [1.29, 1.82) is 0 Å². The van der Waals surface area contributed by atoms with Crippen LogP contribution < -0.4 is 5.73 Å². The Labute approximate surface area is 164 Å². The summed E-state index contributed by atoms with van der Waals surface area (Å²) in [5.74, 6) is 0.115. The number of anilines is 1. The number of benzene rings is 1. The molecular weight excluding hydrogens is 390 g/mol. The fourth-order valence-electron chi connectivity index (χ4n) is 3.05. The maximum absolute atomic E-state index is 12.5. The van der Waals surface area contributed by atoms with Gasteiger partial charge in [0.15, 0.2) is 0 Å². The van der Waals surface area contributed by atoms with E-state index in [1.54, 1.807) is 24.0 Å². The van der Waals surface area contributed by atoms with Crippen LogP contribution in [0.2, 0.25) is 0 Å². The van der Waals surface area contributed by atoms with Crippen molar-refractivity contribution in [2.24, 2.45) is 5.92 Å². The Hall–Kier alpha value is -1.18. The number of amides is 1. The average molecular weight is 416 g/mol.